The van der Waals surface area contributed by atoms with Crippen molar-refractivity contribution in [3.8, 4) is 0 Å². The van der Waals surface area contributed by atoms with Crippen LogP contribution in [0.4, 0.5) is 0 Å². The van der Waals surface area contributed by atoms with Crippen LogP contribution >= 0.6 is 11.3 Å². The molecule has 1 rings (SSSR count). The molecule has 0 radical (unpaired) electrons. The lowest BCUT2D eigenvalue weighted by Gasteiger charge is -2.15. The van der Waals surface area contributed by atoms with E-state index in [-0.39, 0.29) is 0 Å². The topological polar surface area (TPSA) is 24.9 Å². The lowest BCUT2D eigenvalue weighted by molar-refractivity contribution is 0.438. The van der Waals surface area contributed by atoms with Gasteiger partial charge in [0.25, 0.3) is 0 Å². The smallest absolute Gasteiger partial charge is 0.0934 e. The fraction of sp³-hybridized carbons (Fsp3) is 0.786. The zero-order valence-electron chi connectivity index (χ0n) is 11.7. The monoisotopic (exact) mass is 254 g/mol. The van der Waals surface area contributed by atoms with E-state index in [4.69, 9.17) is 0 Å². The molecule has 0 aliphatic carbocycles. The summed E-state index contributed by atoms with van der Waals surface area (Å²) in [7, 11) is 0. The average molecular weight is 254 g/mol. The summed E-state index contributed by atoms with van der Waals surface area (Å²) in [6.07, 6.45) is 4.93. The molecular weight excluding hydrogens is 228 g/mol. The van der Waals surface area contributed by atoms with E-state index < -0.39 is 0 Å². The highest BCUT2D eigenvalue weighted by Gasteiger charge is 2.12. The summed E-state index contributed by atoms with van der Waals surface area (Å²) in [6.45, 7) is 11.0. The van der Waals surface area contributed by atoms with Crippen molar-refractivity contribution in [2.24, 2.45) is 5.92 Å². The summed E-state index contributed by atoms with van der Waals surface area (Å²) < 4.78 is 0. The Bertz CT molecular complexity index is 301. The van der Waals surface area contributed by atoms with Crippen LogP contribution in [0.2, 0.25) is 0 Å². The number of nitrogens with one attached hydrogen (secondary N) is 1. The van der Waals surface area contributed by atoms with E-state index in [2.05, 4.69) is 38.0 Å². The number of hydrogen-bond acceptors (Lipinski definition) is 3. The molecule has 0 aliphatic rings. The Morgan fingerprint density at radius 2 is 2.00 bits per heavy atom. The van der Waals surface area contributed by atoms with E-state index in [0.717, 1.165) is 25.4 Å². The molecule has 1 unspecified atom stereocenters. The molecule has 0 saturated carbocycles. The lowest BCUT2D eigenvalue weighted by atomic mass is 10.00. The SMILES string of the molecule is CCCNCC(CCC)Cc1nc(C)c(C)s1. The van der Waals surface area contributed by atoms with Crippen LogP contribution in [0.25, 0.3) is 0 Å². The Balaban J connectivity index is 2.47. The van der Waals surface area contributed by atoms with Crippen molar-refractivity contribution in [2.45, 2.75) is 53.4 Å². The Morgan fingerprint density at radius 1 is 1.24 bits per heavy atom. The Morgan fingerprint density at radius 3 is 2.53 bits per heavy atom. The highest BCUT2D eigenvalue weighted by atomic mass is 32.1. The zero-order chi connectivity index (χ0) is 12.7. The van der Waals surface area contributed by atoms with Crippen LogP contribution in [0, 0.1) is 19.8 Å². The van der Waals surface area contributed by atoms with Crippen LogP contribution in [-0.4, -0.2) is 18.1 Å². The largest absolute Gasteiger partial charge is 0.316 e. The number of hydrogen-bond donors (Lipinski definition) is 1. The molecule has 0 aliphatic heterocycles. The minimum absolute atomic E-state index is 0.747. The molecule has 0 amide bonds. The van der Waals surface area contributed by atoms with Crippen LogP contribution in [0.3, 0.4) is 0 Å². The average Bonchev–Trinajstić information content (AvgIpc) is 2.58. The summed E-state index contributed by atoms with van der Waals surface area (Å²) in [5.74, 6) is 0.747. The highest BCUT2D eigenvalue weighted by Crippen LogP contribution is 2.21. The lowest BCUT2D eigenvalue weighted by Crippen LogP contribution is -2.24. The van der Waals surface area contributed by atoms with E-state index in [0.29, 0.717) is 0 Å². The van der Waals surface area contributed by atoms with Gasteiger partial charge in [-0.1, -0.05) is 20.3 Å². The molecule has 0 spiro atoms. The van der Waals surface area contributed by atoms with Crippen molar-refractivity contribution in [3.05, 3.63) is 15.6 Å². The second kappa shape index (κ2) is 7.83. The fourth-order valence-corrected chi connectivity index (χ4v) is 3.09. The van der Waals surface area contributed by atoms with Crippen molar-refractivity contribution in [3.63, 3.8) is 0 Å². The Hall–Kier alpha value is -0.410. The molecule has 0 aromatic carbocycles. The first kappa shape index (κ1) is 14.7. The number of nitrogens with zero attached hydrogens (tertiary/aromatic N) is 1. The van der Waals surface area contributed by atoms with Gasteiger partial charge in [0.2, 0.25) is 0 Å². The molecular formula is C14H26N2S. The summed E-state index contributed by atoms with van der Waals surface area (Å²) in [4.78, 5) is 6.02. The molecule has 1 heterocycles. The number of rotatable bonds is 8. The number of aromatic nitrogens is 1. The van der Waals surface area contributed by atoms with Gasteiger partial charge in [0.15, 0.2) is 0 Å². The van der Waals surface area contributed by atoms with Gasteiger partial charge < -0.3 is 5.32 Å². The summed E-state index contributed by atoms with van der Waals surface area (Å²) in [5, 5.41) is 4.85. The molecule has 98 valence electrons. The third kappa shape index (κ3) is 5.17. The predicted octanol–water partition coefficient (Wildman–Crippen LogP) is 3.72. The van der Waals surface area contributed by atoms with Crippen molar-refractivity contribution >= 4 is 11.3 Å². The van der Waals surface area contributed by atoms with Gasteiger partial charge in [-0.05, 0) is 45.7 Å². The third-order valence-electron chi connectivity index (χ3n) is 3.09. The molecule has 0 bridgehead atoms. The van der Waals surface area contributed by atoms with Gasteiger partial charge in [0.1, 0.15) is 0 Å². The molecule has 3 heteroatoms. The minimum atomic E-state index is 0.747. The first-order valence-electron chi connectivity index (χ1n) is 6.81. The summed E-state index contributed by atoms with van der Waals surface area (Å²) in [6, 6.07) is 0. The molecule has 17 heavy (non-hydrogen) atoms. The highest BCUT2D eigenvalue weighted by molar-refractivity contribution is 7.11. The maximum atomic E-state index is 4.65. The standard InChI is InChI=1S/C14H26N2S/c1-5-7-13(10-15-8-6-2)9-14-16-11(3)12(4)17-14/h13,15H,5-10H2,1-4H3. The minimum Gasteiger partial charge on any atom is -0.316 e. The first-order chi connectivity index (χ1) is 8.17. The van der Waals surface area contributed by atoms with Crippen molar-refractivity contribution in [1.29, 1.82) is 0 Å². The van der Waals surface area contributed by atoms with E-state index in [1.807, 2.05) is 11.3 Å². The fourth-order valence-electron chi connectivity index (χ4n) is 2.04. The van der Waals surface area contributed by atoms with Crippen molar-refractivity contribution < 1.29 is 0 Å². The van der Waals surface area contributed by atoms with Gasteiger partial charge in [-0.25, -0.2) is 4.98 Å². The van der Waals surface area contributed by atoms with Gasteiger partial charge in [-0.2, -0.15) is 0 Å². The van der Waals surface area contributed by atoms with Gasteiger partial charge in [-0.15, -0.1) is 11.3 Å². The van der Waals surface area contributed by atoms with Crippen LogP contribution in [-0.2, 0) is 6.42 Å². The molecule has 0 fully saturated rings. The third-order valence-corrected chi connectivity index (χ3v) is 4.19. The summed E-state index contributed by atoms with van der Waals surface area (Å²) in [5.41, 5.74) is 1.21. The maximum absolute atomic E-state index is 4.65. The van der Waals surface area contributed by atoms with Gasteiger partial charge in [-0.3, -0.25) is 0 Å². The van der Waals surface area contributed by atoms with E-state index in [1.54, 1.807) is 0 Å². The van der Waals surface area contributed by atoms with Crippen LogP contribution in [0.15, 0.2) is 0 Å². The molecule has 0 saturated heterocycles. The van der Waals surface area contributed by atoms with E-state index >= 15 is 0 Å². The molecule has 1 N–H and O–H groups in total. The molecule has 1 aromatic rings. The van der Waals surface area contributed by atoms with Gasteiger partial charge in [0.05, 0.1) is 10.7 Å². The summed E-state index contributed by atoms with van der Waals surface area (Å²) >= 11 is 1.87. The van der Waals surface area contributed by atoms with E-state index in [9.17, 15) is 0 Å². The van der Waals surface area contributed by atoms with Crippen LogP contribution < -0.4 is 5.32 Å². The molecule has 2 nitrogen and oxygen atoms in total. The Labute approximate surface area is 110 Å². The zero-order valence-corrected chi connectivity index (χ0v) is 12.5. The maximum Gasteiger partial charge on any atom is 0.0934 e. The Kier molecular flexibility index (Phi) is 6.75. The van der Waals surface area contributed by atoms with Crippen molar-refractivity contribution in [1.82, 2.24) is 10.3 Å². The van der Waals surface area contributed by atoms with Crippen LogP contribution in [0.1, 0.15) is 48.7 Å². The number of thiazole rings is 1. The van der Waals surface area contributed by atoms with E-state index in [1.165, 1.54) is 34.8 Å². The quantitative estimate of drug-likeness (QED) is 0.715. The first-order valence-corrected chi connectivity index (χ1v) is 7.62. The normalized spacial score (nSPS) is 12.9. The van der Waals surface area contributed by atoms with Crippen molar-refractivity contribution in [2.75, 3.05) is 13.1 Å². The predicted molar refractivity (Wildman–Crippen MR) is 76.9 cm³/mol. The number of aryl methyl sites for hydroxylation is 2. The molecule has 1 aromatic heterocycles. The molecule has 1 atom stereocenters. The second-order valence-corrected chi connectivity index (χ2v) is 6.10. The van der Waals surface area contributed by atoms with Gasteiger partial charge in [0, 0.05) is 11.3 Å². The van der Waals surface area contributed by atoms with Crippen LogP contribution in [0.5, 0.6) is 0 Å². The second-order valence-electron chi connectivity index (χ2n) is 4.81. The van der Waals surface area contributed by atoms with Gasteiger partial charge >= 0.3 is 0 Å².